The predicted molar refractivity (Wildman–Crippen MR) is 52.7 cm³/mol. The van der Waals surface area contributed by atoms with Crippen LogP contribution in [0.5, 0.6) is 0 Å². The molecule has 0 bridgehead atoms. The number of halogens is 3. The SMILES string of the molecule is CC(C)NOCC(F)CN.Cl.Cl. The molecule has 0 aliphatic rings. The van der Waals surface area contributed by atoms with Crippen LogP contribution in [-0.2, 0) is 4.84 Å². The van der Waals surface area contributed by atoms with Crippen LogP contribution in [0.3, 0.4) is 0 Å². The van der Waals surface area contributed by atoms with Crippen LogP contribution < -0.4 is 11.2 Å². The fourth-order valence-corrected chi connectivity index (χ4v) is 0.373. The molecule has 0 amide bonds. The number of alkyl halides is 1. The quantitative estimate of drug-likeness (QED) is 0.685. The first-order valence-corrected chi connectivity index (χ1v) is 3.38. The summed E-state index contributed by atoms with van der Waals surface area (Å²) in [6.07, 6.45) is -1.06. The van der Waals surface area contributed by atoms with Crippen molar-refractivity contribution in [2.75, 3.05) is 13.2 Å². The molecule has 0 spiro atoms. The minimum absolute atomic E-state index is 0. The lowest BCUT2D eigenvalue weighted by Gasteiger charge is -2.09. The Kier molecular flexibility index (Phi) is 17.3. The molecule has 0 fully saturated rings. The lowest BCUT2D eigenvalue weighted by Crippen LogP contribution is -2.29. The van der Waals surface area contributed by atoms with Gasteiger partial charge in [0.2, 0.25) is 0 Å². The lowest BCUT2D eigenvalue weighted by atomic mass is 10.4. The van der Waals surface area contributed by atoms with Crippen molar-refractivity contribution in [1.29, 1.82) is 0 Å². The summed E-state index contributed by atoms with van der Waals surface area (Å²) >= 11 is 0. The van der Waals surface area contributed by atoms with Gasteiger partial charge in [-0.2, -0.15) is 5.48 Å². The van der Waals surface area contributed by atoms with E-state index in [0.717, 1.165) is 0 Å². The smallest absolute Gasteiger partial charge is 0.137 e. The highest BCUT2D eigenvalue weighted by atomic mass is 35.5. The topological polar surface area (TPSA) is 47.3 Å². The molecule has 0 aromatic rings. The van der Waals surface area contributed by atoms with Crippen LogP contribution >= 0.6 is 24.8 Å². The zero-order chi connectivity index (χ0) is 7.98. The summed E-state index contributed by atoms with van der Waals surface area (Å²) in [5.41, 5.74) is 7.62. The van der Waals surface area contributed by atoms with Gasteiger partial charge in [-0.15, -0.1) is 24.8 Å². The Bertz CT molecular complexity index is 87.9. The summed E-state index contributed by atoms with van der Waals surface area (Å²) in [7, 11) is 0. The molecule has 3 N–H and O–H groups in total. The number of nitrogens with two attached hydrogens (primary N) is 1. The molecule has 0 aromatic carbocycles. The molecule has 1 atom stereocenters. The van der Waals surface area contributed by atoms with Gasteiger partial charge in [-0.1, -0.05) is 0 Å². The van der Waals surface area contributed by atoms with Crippen molar-refractivity contribution in [3.8, 4) is 0 Å². The highest BCUT2D eigenvalue weighted by molar-refractivity contribution is 5.85. The summed E-state index contributed by atoms with van der Waals surface area (Å²) in [6, 6.07) is 0.213. The summed E-state index contributed by atoms with van der Waals surface area (Å²) < 4.78 is 12.3. The molecule has 0 rings (SSSR count). The first-order valence-electron chi connectivity index (χ1n) is 3.38. The van der Waals surface area contributed by atoms with Crippen LogP contribution in [0.15, 0.2) is 0 Å². The van der Waals surface area contributed by atoms with Gasteiger partial charge < -0.3 is 5.73 Å². The van der Waals surface area contributed by atoms with Crippen molar-refractivity contribution in [3.63, 3.8) is 0 Å². The maximum absolute atomic E-state index is 12.3. The highest BCUT2D eigenvalue weighted by Gasteiger charge is 2.02. The summed E-state index contributed by atoms with van der Waals surface area (Å²) in [4.78, 5) is 4.74. The van der Waals surface area contributed by atoms with Gasteiger partial charge in [-0.25, -0.2) is 4.39 Å². The maximum Gasteiger partial charge on any atom is 0.137 e. The van der Waals surface area contributed by atoms with E-state index in [9.17, 15) is 4.39 Å². The van der Waals surface area contributed by atoms with Gasteiger partial charge in [-0.05, 0) is 13.8 Å². The third kappa shape index (κ3) is 13.0. The van der Waals surface area contributed by atoms with E-state index in [1.807, 2.05) is 13.8 Å². The van der Waals surface area contributed by atoms with Crippen molar-refractivity contribution < 1.29 is 9.23 Å². The highest BCUT2D eigenvalue weighted by Crippen LogP contribution is 1.87. The molecule has 0 aliphatic carbocycles. The van der Waals surface area contributed by atoms with Crippen LogP contribution in [0.4, 0.5) is 4.39 Å². The van der Waals surface area contributed by atoms with Gasteiger partial charge in [0.25, 0.3) is 0 Å². The molecule has 78 valence electrons. The Labute approximate surface area is 85.0 Å². The molecule has 0 heterocycles. The van der Waals surface area contributed by atoms with E-state index in [4.69, 9.17) is 10.6 Å². The van der Waals surface area contributed by atoms with Crippen LogP contribution in [0, 0.1) is 0 Å². The molecule has 0 saturated carbocycles. The van der Waals surface area contributed by atoms with Crippen LogP contribution in [0.25, 0.3) is 0 Å². The van der Waals surface area contributed by atoms with Crippen molar-refractivity contribution >= 4 is 24.8 Å². The predicted octanol–water partition coefficient (Wildman–Crippen LogP) is 1.06. The molecule has 6 heteroatoms. The monoisotopic (exact) mass is 222 g/mol. The fraction of sp³-hybridized carbons (Fsp3) is 1.00. The van der Waals surface area contributed by atoms with E-state index in [1.165, 1.54) is 0 Å². The average Bonchev–Trinajstić information content (AvgIpc) is 1.87. The lowest BCUT2D eigenvalue weighted by molar-refractivity contribution is -0.00439. The Balaban J connectivity index is -0.000000405. The van der Waals surface area contributed by atoms with Crippen molar-refractivity contribution in [2.24, 2.45) is 5.73 Å². The van der Waals surface area contributed by atoms with Gasteiger partial charge in [0.15, 0.2) is 0 Å². The summed E-state index contributed by atoms with van der Waals surface area (Å²) in [5, 5.41) is 0. The normalized spacial score (nSPS) is 11.8. The minimum Gasteiger partial charge on any atom is -0.328 e. The molecule has 0 aromatic heterocycles. The number of hydrogen-bond acceptors (Lipinski definition) is 3. The van der Waals surface area contributed by atoms with Crippen molar-refractivity contribution in [1.82, 2.24) is 5.48 Å². The molecule has 0 aliphatic heterocycles. The van der Waals surface area contributed by atoms with E-state index in [0.29, 0.717) is 0 Å². The molecule has 12 heavy (non-hydrogen) atoms. The Morgan fingerprint density at radius 3 is 2.25 bits per heavy atom. The zero-order valence-electron chi connectivity index (χ0n) is 7.25. The second kappa shape index (κ2) is 11.4. The third-order valence-electron chi connectivity index (χ3n) is 0.839. The first kappa shape index (κ1) is 18.2. The van der Waals surface area contributed by atoms with Gasteiger partial charge in [0.1, 0.15) is 12.8 Å². The second-order valence-electron chi connectivity index (χ2n) is 2.42. The van der Waals surface area contributed by atoms with Crippen LogP contribution in [0.1, 0.15) is 13.8 Å². The zero-order valence-corrected chi connectivity index (χ0v) is 8.88. The third-order valence-corrected chi connectivity index (χ3v) is 0.839. The number of hydroxylamine groups is 1. The van der Waals surface area contributed by atoms with E-state index >= 15 is 0 Å². The molecule has 3 nitrogen and oxygen atoms in total. The fourth-order valence-electron chi connectivity index (χ4n) is 0.373. The minimum atomic E-state index is -1.06. The van der Waals surface area contributed by atoms with Crippen molar-refractivity contribution in [2.45, 2.75) is 26.1 Å². The largest absolute Gasteiger partial charge is 0.328 e. The summed E-state index contributed by atoms with van der Waals surface area (Å²) in [6.45, 7) is 3.86. The molecular formula is C6H17Cl2FN2O. The Morgan fingerprint density at radius 1 is 1.42 bits per heavy atom. The van der Waals surface area contributed by atoms with Crippen LogP contribution in [-0.4, -0.2) is 25.4 Å². The molecule has 1 unspecified atom stereocenters. The van der Waals surface area contributed by atoms with Gasteiger partial charge in [-0.3, -0.25) is 4.84 Å². The second-order valence-corrected chi connectivity index (χ2v) is 2.42. The van der Waals surface area contributed by atoms with E-state index < -0.39 is 6.17 Å². The number of nitrogens with one attached hydrogen (secondary N) is 1. The first-order chi connectivity index (χ1) is 4.66. The Hall–Kier alpha value is 0.390. The van der Waals surface area contributed by atoms with Gasteiger partial charge >= 0.3 is 0 Å². The van der Waals surface area contributed by atoms with Gasteiger partial charge in [0, 0.05) is 12.6 Å². The Morgan fingerprint density at radius 2 is 1.92 bits per heavy atom. The standard InChI is InChI=1S/C6H15FN2O.2ClH/c1-5(2)9-10-4-6(7)3-8;;/h5-6,9H,3-4,8H2,1-2H3;2*1H. The maximum atomic E-state index is 12.3. The van der Waals surface area contributed by atoms with Crippen molar-refractivity contribution in [3.05, 3.63) is 0 Å². The number of rotatable bonds is 5. The van der Waals surface area contributed by atoms with E-state index in [-0.39, 0.29) is 44.0 Å². The molecular weight excluding hydrogens is 206 g/mol. The van der Waals surface area contributed by atoms with Crippen LogP contribution in [0.2, 0.25) is 0 Å². The van der Waals surface area contributed by atoms with E-state index in [1.54, 1.807) is 0 Å². The van der Waals surface area contributed by atoms with Gasteiger partial charge in [0.05, 0.1) is 0 Å². The van der Waals surface area contributed by atoms with E-state index in [2.05, 4.69) is 5.48 Å². The summed E-state index contributed by atoms with van der Waals surface area (Å²) in [5.74, 6) is 0. The molecule has 0 saturated heterocycles. The average molecular weight is 223 g/mol. The number of hydrogen-bond donors (Lipinski definition) is 2. The molecule has 0 radical (unpaired) electrons.